The van der Waals surface area contributed by atoms with Crippen LogP contribution in [0.1, 0.15) is 136 Å². The molecule has 23 heavy (non-hydrogen) atoms. The van der Waals surface area contributed by atoms with Crippen LogP contribution < -0.4 is 0 Å². The zero-order valence-electron chi connectivity index (χ0n) is 16.3. The maximum atomic E-state index is 11.8. The van der Waals surface area contributed by atoms with Crippen molar-refractivity contribution in [2.24, 2.45) is 0 Å². The van der Waals surface area contributed by atoms with Crippen molar-refractivity contribution in [1.82, 2.24) is 0 Å². The van der Waals surface area contributed by atoms with E-state index >= 15 is 0 Å². The third-order valence-corrected chi connectivity index (χ3v) is 4.87. The maximum Gasteiger partial charge on any atom is 0.132 e. The molecule has 0 aromatic heterocycles. The predicted octanol–water partition coefficient (Wildman–Crippen LogP) is 8.01. The highest BCUT2D eigenvalue weighted by Crippen LogP contribution is 2.13. The summed E-state index contributed by atoms with van der Waals surface area (Å²) in [6.45, 7) is 4.52. The van der Waals surface area contributed by atoms with Gasteiger partial charge in [0.1, 0.15) is 5.78 Å². The standard InChI is InChI=1S/C22H44O/c1-3-5-7-9-11-12-13-14-15-17-19-21-22(23)20-18-16-10-8-6-4-2/h3-21H2,1-2H3. The van der Waals surface area contributed by atoms with Crippen LogP contribution in [0, 0.1) is 0 Å². The monoisotopic (exact) mass is 324 g/mol. The van der Waals surface area contributed by atoms with E-state index in [2.05, 4.69) is 13.8 Å². The summed E-state index contributed by atoms with van der Waals surface area (Å²) >= 11 is 0. The summed E-state index contributed by atoms with van der Waals surface area (Å²) in [5, 5.41) is 0. The third kappa shape index (κ3) is 19.6. The Labute approximate surface area is 147 Å². The van der Waals surface area contributed by atoms with Crippen LogP contribution in [-0.4, -0.2) is 5.78 Å². The minimum Gasteiger partial charge on any atom is -0.300 e. The van der Waals surface area contributed by atoms with Crippen LogP contribution in [0.4, 0.5) is 0 Å². The molecular weight excluding hydrogens is 280 g/mol. The highest BCUT2D eigenvalue weighted by molar-refractivity contribution is 5.78. The van der Waals surface area contributed by atoms with Crippen LogP contribution in [0.15, 0.2) is 0 Å². The number of Topliss-reactive ketones (excluding diaryl/α,β-unsaturated/α-hetero) is 1. The number of hydrogen-bond acceptors (Lipinski definition) is 1. The molecule has 0 fully saturated rings. The summed E-state index contributed by atoms with van der Waals surface area (Å²) in [5.74, 6) is 0.511. The lowest BCUT2D eigenvalue weighted by Gasteiger charge is -2.03. The van der Waals surface area contributed by atoms with Gasteiger partial charge in [0.2, 0.25) is 0 Å². The van der Waals surface area contributed by atoms with E-state index in [1.807, 2.05) is 0 Å². The van der Waals surface area contributed by atoms with Crippen molar-refractivity contribution in [3.8, 4) is 0 Å². The molecule has 0 N–H and O–H groups in total. The number of carbonyl (C=O) groups is 1. The molecule has 0 aliphatic carbocycles. The number of carbonyl (C=O) groups excluding carboxylic acids is 1. The lowest BCUT2D eigenvalue weighted by Crippen LogP contribution is -1.97. The van der Waals surface area contributed by atoms with Gasteiger partial charge in [0.15, 0.2) is 0 Å². The van der Waals surface area contributed by atoms with Crippen LogP contribution in [0.3, 0.4) is 0 Å². The second-order valence-electron chi connectivity index (χ2n) is 7.34. The molecule has 0 rings (SSSR count). The zero-order chi connectivity index (χ0) is 17.0. The average Bonchev–Trinajstić information content (AvgIpc) is 2.56. The van der Waals surface area contributed by atoms with Gasteiger partial charge in [0, 0.05) is 12.8 Å². The van der Waals surface area contributed by atoms with E-state index in [0.29, 0.717) is 5.78 Å². The molecule has 0 aromatic carbocycles. The molecule has 0 atom stereocenters. The Morgan fingerprint density at radius 1 is 0.435 bits per heavy atom. The highest BCUT2D eigenvalue weighted by atomic mass is 16.1. The van der Waals surface area contributed by atoms with Crippen molar-refractivity contribution in [2.75, 3.05) is 0 Å². The predicted molar refractivity (Wildman–Crippen MR) is 104 cm³/mol. The van der Waals surface area contributed by atoms with Gasteiger partial charge in [-0.3, -0.25) is 4.79 Å². The maximum absolute atomic E-state index is 11.8. The molecule has 0 radical (unpaired) electrons. The van der Waals surface area contributed by atoms with Gasteiger partial charge >= 0.3 is 0 Å². The average molecular weight is 325 g/mol. The first kappa shape index (κ1) is 22.7. The number of hydrogen-bond donors (Lipinski definition) is 0. The van der Waals surface area contributed by atoms with Gasteiger partial charge in [0.25, 0.3) is 0 Å². The van der Waals surface area contributed by atoms with Crippen molar-refractivity contribution < 1.29 is 4.79 Å². The van der Waals surface area contributed by atoms with Gasteiger partial charge in [-0.2, -0.15) is 0 Å². The second-order valence-corrected chi connectivity index (χ2v) is 7.34. The molecule has 0 amide bonds. The fourth-order valence-electron chi connectivity index (χ4n) is 3.21. The zero-order valence-corrected chi connectivity index (χ0v) is 16.3. The Morgan fingerprint density at radius 2 is 0.696 bits per heavy atom. The molecule has 0 aromatic rings. The molecule has 1 nitrogen and oxygen atoms in total. The van der Waals surface area contributed by atoms with Gasteiger partial charge in [-0.1, -0.05) is 110 Å². The lowest BCUT2D eigenvalue weighted by molar-refractivity contribution is -0.119. The van der Waals surface area contributed by atoms with E-state index in [0.717, 1.165) is 25.7 Å². The summed E-state index contributed by atoms with van der Waals surface area (Å²) in [5.41, 5.74) is 0. The smallest absolute Gasteiger partial charge is 0.132 e. The van der Waals surface area contributed by atoms with Crippen LogP contribution in [-0.2, 0) is 4.79 Å². The summed E-state index contributed by atoms with van der Waals surface area (Å²) in [6, 6.07) is 0. The summed E-state index contributed by atoms with van der Waals surface area (Å²) in [6.07, 6.45) is 24.3. The molecule has 0 saturated carbocycles. The highest BCUT2D eigenvalue weighted by Gasteiger charge is 2.01. The number of rotatable bonds is 19. The van der Waals surface area contributed by atoms with E-state index in [4.69, 9.17) is 0 Å². The third-order valence-electron chi connectivity index (χ3n) is 4.87. The number of ketones is 1. The Bertz CT molecular complexity index is 234. The van der Waals surface area contributed by atoms with Crippen LogP contribution >= 0.6 is 0 Å². The second kappa shape index (κ2) is 19.7. The van der Waals surface area contributed by atoms with Crippen molar-refractivity contribution in [2.45, 2.75) is 136 Å². The largest absolute Gasteiger partial charge is 0.300 e. The molecule has 0 spiro atoms. The van der Waals surface area contributed by atoms with Gasteiger partial charge in [0.05, 0.1) is 0 Å². The van der Waals surface area contributed by atoms with E-state index in [1.54, 1.807) is 0 Å². The fourth-order valence-corrected chi connectivity index (χ4v) is 3.21. The first-order valence-corrected chi connectivity index (χ1v) is 10.8. The molecule has 0 heterocycles. The lowest BCUT2D eigenvalue weighted by atomic mass is 10.0. The normalized spacial score (nSPS) is 11.0. The van der Waals surface area contributed by atoms with E-state index in [-0.39, 0.29) is 0 Å². The Hall–Kier alpha value is -0.330. The molecule has 1 heteroatoms. The van der Waals surface area contributed by atoms with Crippen LogP contribution in [0.2, 0.25) is 0 Å². The quantitative estimate of drug-likeness (QED) is 0.220. The van der Waals surface area contributed by atoms with Crippen LogP contribution in [0.25, 0.3) is 0 Å². The van der Waals surface area contributed by atoms with E-state index in [1.165, 1.54) is 96.3 Å². The molecule has 0 aliphatic heterocycles. The molecule has 0 aliphatic rings. The Balaban J connectivity index is 3.11. The van der Waals surface area contributed by atoms with Crippen molar-refractivity contribution in [3.05, 3.63) is 0 Å². The first-order chi connectivity index (χ1) is 11.3. The Morgan fingerprint density at radius 3 is 1.00 bits per heavy atom. The summed E-state index contributed by atoms with van der Waals surface area (Å²) in [7, 11) is 0. The van der Waals surface area contributed by atoms with Crippen LogP contribution in [0.5, 0.6) is 0 Å². The van der Waals surface area contributed by atoms with Gasteiger partial charge in [-0.05, 0) is 12.8 Å². The van der Waals surface area contributed by atoms with E-state index < -0.39 is 0 Å². The minimum absolute atomic E-state index is 0.511. The molecule has 0 bridgehead atoms. The SMILES string of the molecule is CCCCCCCCCCCCCC(=O)CCCCCCCC. The summed E-state index contributed by atoms with van der Waals surface area (Å²) < 4.78 is 0. The van der Waals surface area contributed by atoms with Gasteiger partial charge in [-0.25, -0.2) is 0 Å². The summed E-state index contributed by atoms with van der Waals surface area (Å²) in [4.78, 5) is 11.8. The first-order valence-electron chi connectivity index (χ1n) is 10.8. The van der Waals surface area contributed by atoms with Crippen molar-refractivity contribution in [3.63, 3.8) is 0 Å². The topological polar surface area (TPSA) is 17.1 Å². The number of unbranched alkanes of at least 4 members (excludes halogenated alkanes) is 15. The molecule has 0 saturated heterocycles. The fraction of sp³-hybridized carbons (Fsp3) is 0.955. The van der Waals surface area contributed by atoms with Crippen molar-refractivity contribution >= 4 is 5.78 Å². The Kier molecular flexibility index (Phi) is 19.4. The molecule has 138 valence electrons. The minimum atomic E-state index is 0.511. The van der Waals surface area contributed by atoms with E-state index in [9.17, 15) is 4.79 Å². The molecular formula is C22H44O. The molecule has 0 unspecified atom stereocenters. The van der Waals surface area contributed by atoms with Gasteiger partial charge in [-0.15, -0.1) is 0 Å². The van der Waals surface area contributed by atoms with Crippen molar-refractivity contribution in [1.29, 1.82) is 0 Å². The van der Waals surface area contributed by atoms with Gasteiger partial charge < -0.3 is 0 Å².